The fraction of sp³-hybridized carbons (Fsp3) is 0.267. The van der Waals surface area contributed by atoms with Gasteiger partial charge in [0.05, 0.1) is 5.57 Å². The highest BCUT2D eigenvalue weighted by Crippen LogP contribution is 2.40. The standard InChI is InChI=1S/C15H13F2NO4/c1-14(18(20)21)8-11(15(17,22-2)9-12(14)16)13(19)10-6-4-3-5-7-10/h3-9H,1-2H3. The van der Waals surface area contributed by atoms with Crippen molar-refractivity contribution in [1.82, 2.24) is 0 Å². The van der Waals surface area contributed by atoms with Crippen molar-refractivity contribution in [3.05, 3.63) is 69.6 Å². The predicted molar refractivity (Wildman–Crippen MR) is 74.3 cm³/mol. The normalized spacial score (nSPS) is 27.8. The van der Waals surface area contributed by atoms with Gasteiger partial charge in [-0.15, -0.1) is 0 Å². The molecule has 0 N–H and O–H groups in total. The number of nitrogens with zero attached hydrogens (tertiary/aromatic N) is 1. The lowest BCUT2D eigenvalue weighted by atomic mass is 9.84. The maximum atomic E-state index is 14.7. The number of halogens is 2. The lowest BCUT2D eigenvalue weighted by molar-refractivity contribution is -0.542. The highest BCUT2D eigenvalue weighted by molar-refractivity contribution is 6.10. The van der Waals surface area contributed by atoms with Crippen molar-refractivity contribution < 1.29 is 23.2 Å². The molecule has 22 heavy (non-hydrogen) atoms. The third-order valence-corrected chi connectivity index (χ3v) is 3.55. The monoisotopic (exact) mass is 309 g/mol. The molecule has 0 saturated heterocycles. The summed E-state index contributed by atoms with van der Waals surface area (Å²) in [6.45, 7) is 0.951. The molecule has 1 aliphatic carbocycles. The first-order valence-corrected chi connectivity index (χ1v) is 6.35. The van der Waals surface area contributed by atoms with Crippen LogP contribution < -0.4 is 0 Å². The van der Waals surface area contributed by atoms with Crippen LogP contribution in [0.2, 0.25) is 0 Å². The van der Waals surface area contributed by atoms with Gasteiger partial charge < -0.3 is 4.74 Å². The molecule has 1 aromatic rings. The highest BCUT2D eigenvalue weighted by Gasteiger charge is 2.52. The lowest BCUT2D eigenvalue weighted by Gasteiger charge is -2.30. The quantitative estimate of drug-likeness (QED) is 0.487. The van der Waals surface area contributed by atoms with Gasteiger partial charge in [0, 0.05) is 36.7 Å². The number of methoxy groups -OCH3 is 1. The van der Waals surface area contributed by atoms with Gasteiger partial charge in [-0.1, -0.05) is 30.3 Å². The molecule has 0 saturated carbocycles. The lowest BCUT2D eigenvalue weighted by Crippen LogP contribution is -2.43. The number of ether oxygens (including phenoxy) is 1. The van der Waals surface area contributed by atoms with Crippen LogP contribution in [-0.4, -0.2) is 29.2 Å². The highest BCUT2D eigenvalue weighted by atomic mass is 19.2. The number of Topliss-reactive ketones (excluding diaryl/α,β-unsaturated/α-hetero) is 1. The van der Waals surface area contributed by atoms with E-state index in [1.807, 2.05) is 0 Å². The zero-order chi connectivity index (χ0) is 16.5. The second-order valence-corrected chi connectivity index (χ2v) is 5.00. The molecular weight excluding hydrogens is 296 g/mol. The van der Waals surface area contributed by atoms with Crippen LogP contribution in [0.15, 0.2) is 53.9 Å². The summed E-state index contributed by atoms with van der Waals surface area (Å²) in [6.07, 6.45) is 0.993. The number of carbonyl (C=O) groups is 1. The van der Waals surface area contributed by atoms with Crippen molar-refractivity contribution in [2.75, 3.05) is 7.11 Å². The van der Waals surface area contributed by atoms with Crippen molar-refractivity contribution in [3.8, 4) is 0 Å². The molecule has 0 amide bonds. The molecule has 2 unspecified atom stereocenters. The molecule has 0 aliphatic heterocycles. The van der Waals surface area contributed by atoms with Gasteiger partial charge in [-0.3, -0.25) is 14.9 Å². The Bertz CT molecular complexity index is 686. The van der Waals surface area contributed by atoms with E-state index in [0.29, 0.717) is 12.2 Å². The van der Waals surface area contributed by atoms with Gasteiger partial charge in [0.2, 0.25) is 0 Å². The van der Waals surface area contributed by atoms with Crippen molar-refractivity contribution >= 4 is 5.78 Å². The van der Waals surface area contributed by atoms with Crippen LogP contribution in [0.5, 0.6) is 0 Å². The molecule has 0 radical (unpaired) electrons. The number of alkyl halides is 1. The van der Waals surface area contributed by atoms with Gasteiger partial charge >= 0.3 is 0 Å². The Morgan fingerprint density at radius 1 is 1.27 bits per heavy atom. The van der Waals surface area contributed by atoms with Gasteiger partial charge in [0.1, 0.15) is 0 Å². The Morgan fingerprint density at radius 3 is 2.36 bits per heavy atom. The predicted octanol–water partition coefficient (Wildman–Crippen LogP) is 3.01. The number of rotatable bonds is 4. The summed E-state index contributed by atoms with van der Waals surface area (Å²) in [5, 5.41) is 11.1. The molecule has 2 rings (SSSR count). The van der Waals surface area contributed by atoms with E-state index in [1.54, 1.807) is 18.2 Å². The number of nitro groups is 1. The molecule has 1 aromatic carbocycles. The van der Waals surface area contributed by atoms with Gasteiger partial charge in [0.25, 0.3) is 11.4 Å². The van der Waals surface area contributed by atoms with Crippen LogP contribution in [0, 0.1) is 10.1 Å². The number of hydrogen-bond acceptors (Lipinski definition) is 4. The maximum Gasteiger partial charge on any atom is 0.288 e. The maximum absolute atomic E-state index is 14.7. The average molecular weight is 309 g/mol. The third kappa shape index (κ3) is 2.43. The van der Waals surface area contributed by atoms with E-state index in [9.17, 15) is 23.7 Å². The van der Waals surface area contributed by atoms with E-state index in [2.05, 4.69) is 4.74 Å². The summed E-state index contributed by atoms with van der Waals surface area (Å²) < 4.78 is 33.2. The molecule has 0 heterocycles. The zero-order valence-electron chi connectivity index (χ0n) is 11.9. The molecule has 0 aromatic heterocycles. The average Bonchev–Trinajstić information content (AvgIpc) is 2.51. The molecule has 5 nitrogen and oxygen atoms in total. The molecular formula is C15H13F2NO4. The second-order valence-electron chi connectivity index (χ2n) is 5.00. The zero-order valence-corrected chi connectivity index (χ0v) is 11.9. The second kappa shape index (κ2) is 5.42. The van der Waals surface area contributed by atoms with Crippen molar-refractivity contribution in [2.45, 2.75) is 18.3 Å². The Hall–Kier alpha value is -2.41. The Labute approximate surface area is 125 Å². The topological polar surface area (TPSA) is 69.4 Å². The van der Waals surface area contributed by atoms with Crippen LogP contribution in [0.3, 0.4) is 0 Å². The molecule has 1 aliphatic rings. The van der Waals surface area contributed by atoms with Gasteiger partial charge in [-0.05, 0) is 0 Å². The summed E-state index contributed by atoms with van der Waals surface area (Å²) in [5.74, 6) is -4.99. The number of benzene rings is 1. The summed E-state index contributed by atoms with van der Waals surface area (Å²) in [7, 11) is 0.949. The summed E-state index contributed by atoms with van der Waals surface area (Å²) in [5.41, 5.74) is -2.82. The van der Waals surface area contributed by atoms with Crippen LogP contribution >= 0.6 is 0 Å². The van der Waals surface area contributed by atoms with Gasteiger partial charge in [-0.25, -0.2) is 8.78 Å². The van der Waals surface area contributed by atoms with E-state index in [1.165, 1.54) is 12.1 Å². The number of ketones is 1. The first-order chi connectivity index (χ1) is 10.2. The minimum Gasteiger partial charge on any atom is -0.342 e. The molecule has 0 fully saturated rings. The summed E-state index contributed by atoms with van der Waals surface area (Å²) in [4.78, 5) is 22.6. The minimum atomic E-state index is -2.85. The fourth-order valence-corrected chi connectivity index (χ4v) is 2.11. The SMILES string of the molecule is COC1(F)C=C(F)C(C)([N+](=O)[O-])C=C1C(=O)c1ccccc1. The first kappa shape index (κ1) is 16.0. The Balaban J connectivity index is 2.59. The van der Waals surface area contributed by atoms with E-state index < -0.39 is 33.5 Å². The van der Waals surface area contributed by atoms with Crippen LogP contribution in [0.1, 0.15) is 17.3 Å². The molecule has 116 valence electrons. The van der Waals surface area contributed by atoms with Crippen molar-refractivity contribution in [1.29, 1.82) is 0 Å². The van der Waals surface area contributed by atoms with E-state index in [-0.39, 0.29) is 5.56 Å². The van der Waals surface area contributed by atoms with Crippen LogP contribution in [0.25, 0.3) is 0 Å². The molecule has 0 spiro atoms. The van der Waals surface area contributed by atoms with E-state index in [0.717, 1.165) is 14.0 Å². The van der Waals surface area contributed by atoms with Gasteiger partial charge in [0.15, 0.2) is 11.6 Å². The number of hydrogen-bond donors (Lipinski definition) is 0. The molecule has 0 bridgehead atoms. The van der Waals surface area contributed by atoms with Gasteiger partial charge in [-0.2, -0.15) is 0 Å². The molecule has 2 atom stereocenters. The van der Waals surface area contributed by atoms with E-state index >= 15 is 0 Å². The smallest absolute Gasteiger partial charge is 0.288 e. The summed E-state index contributed by atoms with van der Waals surface area (Å²) >= 11 is 0. The number of carbonyl (C=O) groups excluding carboxylic acids is 1. The third-order valence-electron chi connectivity index (χ3n) is 3.55. The Morgan fingerprint density at radius 2 is 1.86 bits per heavy atom. The molecule has 7 heteroatoms. The Kier molecular flexibility index (Phi) is 3.93. The van der Waals surface area contributed by atoms with Crippen LogP contribution in [0.4, 0.5) is 8.78 Å². The largest absolute Gasteiger partial charge is 0.342 e. The van der Waals surface area contributed by atoms with Crippen molar-refractivity contribution in [3.63, 3.8) is 0 Å². The van der Waals surface area contributed by atoms with Crippen molar-refractivity contribution in [2.24, 2.45) is 0 Å². The fourth-order valence-electron chi connectivity index (χ4n) is 2.11. The minimum absolute atomic E-state index is 0.120. The summed E-state index contributed by atoms with van der Waals surface area (Å²) in [6, 6.07) is 7.64. The van der Waals surface area contributed by atoms with E-state index in [4.69, 9.17) is 0 Å². The van der Waals surface area contributed by atoms with Crippen LogP contribution in [-0.2, 0) is 4.74 Å². The first-order valence-electron chi connectivity index (χ1n) is 6.35.